The van der Waals surface area contributed by atoms with Crippen molar-refractivity contribution in [2.24, 2.45) is 5.73 Å². The van der Waals surface area contributed by atoms with Gasteiger partial charge < -0.3 is 10.5 Å². The van der Waals surface area contributed by atoms with Crippen molar-refractivity contribution in [3.8, 4) is 0 Å². The lowest BCUT2D eigenvalue weighted by molar-refractivity contribution is 0.0863. The van der Waals surface area contributed by atoms with Crippen molar-refractivity contribution in [1.82, 2.24) is 0 Å². The fourth-order valence-corrected chi connectivity index (χ4v) is 1.94. The van der Waals surface area contributed by atoms with Crippen molar-refractivity contribution in [3.63, 3.8) is 0 Å². The van der Waals surface area contributed by atoms with Gasteiger partial charge in [-0.05, 0) is 18.4 Å². The van der Waals surface area contributed by atoms with Crippen LogP contribution < -0.4 is 5.73 Å². The Bertz CT molecular complexity index is 377. The summed E-state index contributed by atoms with van der Waals surface area (Å²) < 4.78 is 5.20. The van der Waals surface area contributed by atoms with Gasteiger partial charge in [0.25, 0.3) is 0 Å². The van der Waals surface area contributed by atoms with Crippen molar-refractivity contribution >= 4 is 5.78 Å². The molecule has 1 aromatic carbocycles. The Labute approximate surface area is 95.6 Å². The first-order valence-electron chi connectivity index (χ1n) is 5.66. The molecule has 1 aliphatic heterocycles. The molecule has 1 fully saturated rings. The molecule has 0 amide bonds. The van der Waals surface area contributed by atoms with Crippen LogP contribution in [0.25, 0.3) is 0 Å². The van der Waals surface area contributed by atoms with Gasteiger partial charge in [-0.25, -0.2) is 0 Å². The van der Waals surface area contributed by atoms with Gasteiger partial charge in [-0.3, -0.25) is 4.79 Å². The predicted octanol–water partition coefficient (Wildman–Crippen LogP) is 1.55. The van der Waals surface area contributed by atoms with E-state index in [1.54, 1.807) is 0 Å². The topological polar surface area (TPSA) is 52.3 Å². The molecule has 1 heterocycles. The van der Waals surface area contributed by atoms with Crippen molar-refractivity contribution in [2.75, 3.05) is 13.2 Å². The summed E-state index contributed by atoms with van der Waals surface area (Å²) in [6.07, 6.45) is 1.59. The number of rotatable bonds is 3. The summed E-state index contributed by atoms with van der Waals surface area (Å²) in [6, 6.07) is 7.67. The highest BCUT2D eigenvalue weighted by atomic mass is 16.5. The summed E-state index contributed by atoms with van der Waals surface area (Å²) >= 11 is 0. The van der Waals surface area contributed by atoms with Gasteiger partial charge >= 0.3 is 0 Å². The van der Waals surface area contributed by atoms with E-state index in [2.05, 4.69) is 6.92 Å². The number of carbonyl (C=O) groups is 1. The second kappa shape index (κ2) is 4.36. The molecule has 2 rings (SSSR count). The lowest BCUT2D eigenvalue weighted by Gasteiger charge is -2.19. The van der Waals surface area contributed by atoms with E-state index < -0.39 is 5.54 Å². The standard InChI is InChI=1S/C13H17NO2/c1-2-10-3-5-11(6-4-10)12(15)13(14)7-8-16-9-13/h3-6H,2,7-9,14H2,1H3. The third-order valence-electron chi connectivity index (χ3n) is 3.13. The molecule has 0 spiro atoms. The van der Waals surface area contributed by atoms with Crippen molar-refractivity contribution in [2.45, 2.75) is 25.3 Å². The SMILES string of the molecule is CCc1ccc(C(=O)C2(N)CCOC2)cc1. The maximum Gasteiger partial charge on any atom is 0.185 e. The summed E-state index contributed by atoms with van der Waals surface area (Å²) in [6.45, 7) is 3.00. The number of hydrogen-bond acceptors (Lipinski definition) is 3. The quantitative estimate of drug-likeness (QED) is 0.785. The highest BCUT2D eigenvalue weighted by Crippen LogP contribution is 2.21. The molecule has 0 aromatic heterocycles. The van der Waals surface area contributed by atoms with Crippen LogP contribution in [-0.2, 0) is 11.2 Å². The van der Waals surface area contributed by atoms with Crippen LogP contribution in [0.5, 0.6) is 0 Å². The average Bonchev–Trinajstić information content (AvgIpc) is 2.77. The Balaban J connectivity index is 2.20. The van der Waals surface area contributed by atoms with Crippen molar-refractivity contribution in [1.29, 1.82) is 0 Å². The third kappa shape index (κ3) is 2.01. The molecular formula is C13H17NO2. The number of hydrogen-bond donors (Lipinski definition) is 1. The maximum atomic E-state index is 12.2. The lowest BCUT2D eigenvalue weighted by Crippen LogP contribution is -2.48. The van der Waals surface area contributed by atoms with E-state index in [1.165, 1.54) is 5.56 Å². The highest BCUT2D eigenvalue weighted by molar-refractivity contribution is 6.03. The smallest absolute Gasteiger partial charge is 0.185 e. The van der Waals surface area contributed by atoms with Crippen molar-refractivity contribution < 1.29 is 9.53 Å². The highest BCUT2D eigenvalue weighted by Gasteiger charge is 2.38. The van der Waals surface area contributed by atoms with E-state index in [0.29, 0.717) is 25.2 Å². The molecule has 3 nitrogen and oxygen atoms in total. The molecule has 0 saturated carbocycles. The predicted molar refractivity (Wildman–Crippen MR) is 62.5 cm³/mol. The van der Waals surface area contributed by atoms with E-state index in [9.17, 15) is 4.79 Å². The van der Waals surface area contributed by atoms with E-state index >= 15 is 0 Å². The van der Waals surface area contributed by atoms with Gasteiger partial charge in [0, 0.05) is 12.2 Å². The minimum atomic E-state index is -0.812. The molecule has 0 radical (unpaired) electrons. The van der Waals surface area contributed by atoms with Crippen LogP contribution in [-0.4, -0.2) is 24.5 Å². The van der Waals surface area contributed by atoms with E-state index in [1.807, 2.05) is 24.3 Å². The summed E-state index contributed by atoms with van der Waals surface area (Å²) in [5, 5.41) is 0. The van der Waals surface area contributed by atoms with Crippen LogP contribution in [0.4, 0.5) is 0 Å². The molecule has 1 aliphatic rings. The molecule has 2 N–H and O–H groups in total. The fraction of sp³-hybridized carbons (Fsp3) is 0.462. The van der Waals surface area contributed by atoms with Gasteiger partial charge in [0.2, 0.25) is 0 Å². The van der Waals surface area contributed by atoms with Gasteiger partial charge in [-0.15, -0.1) is 0 Å². The van der Waals surface area contributed by atoms with E-state index in [-0.39, 0.29) is 5.78 Å². The molecule has 1 saturated heterocycles. The van der Waals surface area contributed by atoms with E-state index in [4.69, 9.17) is 10.5 Å². The van der Waals surface area contributed by atoms with Gasteiger partial charge in [-0.1, -0.05) is 31.2 Å². The minimum absolute atomic E-state index is 0.00680. The molecule has 0 aliphatic carbocycles. The second-order valence-electron chi connectivity index (χ2n) is 4.34. The zero-order valence-corrected chi connectivity index (χ0v) is 9.53. The first-order valence-corrected chi connectivity index (χ1v) is 5.66. The monoisotopic (exact) mass is 219 g/mol. The molecule has 86 valence electrons. The summed E-state index contributed by atoms with van der Waals surface area (Å²) in [5.74, 6) is -0.00680. The van der Waals surface area contributed by atoms with Crippen LogP contribution in [0, 0.1) is 0 Å². The van der Waals surface area contributed by atoms with Crippen LogP contribution in [0.15, 0.2) is 24.3 Å². The largest absolute Gasteiger partial charge is 0.379 e. The Kier molecular flexibility index (Phi) is 3.08. The molecule has 16 heavy (non-hydrogen) atoms. The lowest BCUT2D eigenvalue weighted by atomic mass is 9.89. The van der Waals surface area contributed by atoms with Crippen LogP contribution in [0.2, 0.25) is 0 Å². The number of carbonyl (C=O) groups excluding carboxylic acids is 1. The zero-order valence-electron chi connectivity index (χ0n) is 9.53. The van der Waals surface area contributed by atoms with E-state index in [0.717, 1.165) is 6.42 Å². The number of ether oxygens (including phenoxy) is 1. The minimum Gasteiger partial charge on any atom is -0.379 e. The second-order valence-corrected chi connectivity index (χ2v) is 4.34. The van der Waals surface area contributed by atoms with Crippen LogP contribution in [0.1, 0.15) is 29.3 Å². The number of ketones is 1. The molecule has 1 unspecified atom stereocenters. The van der Waals surface area contributed by atoms with Crippen molar-refractivity contribution in [3.05, 3.63) is 35.4 Å². The summed E-state index contributed by atoms with van der Waals surface area (Å²) in [7, 11) is 0. The Morgan fingerprint density at radius 1 is 1.44 bits per heavy atom. The Hall–Kier alpha value is -1.19. The fourth-order valence-electron chi connectivity index (χ4n) is 1.94. The van der Waals surface area contributed by atoms with Gasteiger partial charge in [-0.2, -0.15) is 0 Å². The van der Waals surface area contributed by atoms with Crippen LogP contribution in [0.3, 0.4) is 0 Å². The third-order valence-corrected chi connectivity index (χ3v) is 3.13. The number of aryl methyl sites for hydroxylation is 1. The number of Topliss-reactive ketones (excluding diaryl/α,β-unsaturated/α-hetero) is 1. The molecule has 3 heteroatoms. The molecular weight excluding hydrogens is 202 g/mol. The molecule has 0 bridgehead atoms. The Morgan fingerprint density at radius 2 is 2.12 bits per heavy atom. The average molecular weight is 219 g/mol. The van der Waals surface area contributed by atoms with Gasteiger partial charge in [0.1, 0.15) is 5.54 Å². The first-order chi connectivity index (χ1) is 7.65. The number of benzene rings is 1. The number of nitrogens with two attached hydrogens (primary N) is 1. The summed E-state index contributed by atoms with van der Waals surface area (Å²) in [5.41, 5.74) is 7.13. The summed E-state index contributed by atoms with van der Waals surface area (Å²) in [4.78, 5) is 12.2. The zero-order chi connectivity index (χ0) is 11.6. The van der Waals surface area contributed by atoms with Gasteiger partial charge in [0.05, 0.1) is 6.61 Å². The van der Waals surface area contributed by atoms with Gasteiger partial charge in [0.15, 0.2) is 5.78 Å². The Morgan fingerprint density at radius 3 is 2.62 bits per heavy atom. The maximum absolute atomic E-state index is 12.2. The van der Waals surface area contributed by atoms with Crippen LogP contribution >= 0.6 is 0 Å². The first kappa shape index (κ1) is 11.3. The molecule has 1 atom stereocenters. The molecule has 1 aromatic rings. The normalized spacial score (nSPS) is 24.6.